The lowest BCUT2D eigenvalue weighted by Gasteiger charge is -2.37. The molecule has 2 aliphatic rings. The molecule has 1 heteroatoms. The van der Waals surface area contributed by atoms with Gasteiger partial charge in [0.25, 0.3) is 0 Å². The maximum Gasteiger partial charge on any atom is 0.00906 e. The molecule has 1 nitrogen and oxygen atoms in total. The lowest BCUT2D eigenvalue weighted by atomic mass is 9.70. The van der Waals surface area contributed by atoms with Gasteiger partial charge in [0.1, 0.15) is 0 Å². The minimum Gasteiger partial charge on any atom is -0.327 e. The van der Waals surface area contributed by atoms with E-state index < -0.39 is 0 Å². The maximum absolute atomic E-state index is 6.42. The molecule has 2 fully saturated rings. The first kappa shape index (κ1) is 13.4. The third-order valence-electron chi connectivity index (χ3n) is 6.86. The molecule has 2 N–H and O–H groups in total. The van der Waals surface area contributed by atoms with Crippen LogP contribution < -0.4 is 5.73 Å². The molecule has 0 aromatic rings. The monoisotopic (exact) mass is 237 g/mol. The Bertz CT molecular complexity index is 300. The highest BCUT2D eigenvalue weighted by atomic mass is 14.8. The molecule has 0 bridgehead atoms. The zero-order chi connectivity index (χ0) is 13.0. The molecule has 0 spiro atoms. The Hall–Kier alpha value is -0.0400. The van der Waals surface area contributed by atoms with Crippen LogP contribution in [0.15, 0.2) is 0 Å². The first-order valence-corrected chi connectivity index (χ1v) is 7.54. The molecule has 2 rings (SSSR count). The van der Waals surface area contributed by atoms with Crippen LogP contribution in [-0.2, 0) is 0 Å². The summed E-state index contributed by atoms with van der Waals surface area (Å²) < 4.78 is 0. The van der Waals surface area contributed by atoms with Crippen molar-refractivity contribution in [2.75, 3.05) is 0 Å². The Labute approximate surface area is 108 Å². The Morgan fingerprint density at radius 2 is 1.71 bits per heavy atom. The SMILES string of the molecule is CCC1C2(C)CC(C)C(N)C(C)CC(C)C12C. The summed E-state index contributed by atoms with van der Waals surface area (Å²) >= 11 is 0. The van der Waals surface area contributed by atoms with Crippen molar-refractivity contribution in [2.45, 2.75) is 66.8 Å². The number of rotatable bonds is 1. The van der Waals surface area contributed by atoms with Crippen molar-refractivity contribution in [3.8, 4) is 0 Å². The van der Waals surface area contributed by atoms with Gasteiger partial charge in [-0.1, -0.05) is 48.0 Å². The highest BCUT2D eigenvalue weighted by molar-refractivity contribution is 5.19. The van der Waals surface area contributed by atoms with Crippen molar-refractivity contribution in [1.82, 2.24) is 0 Å². The third kappa shape index (κ3) is 1.61. The van der Waals surface area contributed by atoms with Crippen LogP contribution in [0.2, 0.25) is 0 Å². The van der Waals surface area contributed by atoms with E-state index in [1.54, 1.807) is 0 Å². The van der Waals surface area contributed by atoms with Gasteiger partial charge in [-0.25, -0.2) is 0 Å². The van der Waals surface area contributed by atoms with Crippen LogP contribution in [0.5, 0.6) is 0 Å². The summed E-state index contributed by atoms with van der Waals surface area (Å²) in [6, 6.07) is 0.400. The van der Waals surface area contributed by atoms with E-state index in [9.17, 15) is 0 Å². The molecule has 2 aliphatic carbocycles. The smallest absolute Gasteiger partial charge is 0.00906 e. The molecule has 0 heterocycles. The minimum atomic E-state index is 0.400. The Balaban J connectivity index is 2.29. The Morgan fingerprint density at radius 3 is 2.24 bits per heavy atom. The molecule has 100 valence electrons. The van der Waals surface area contributed by atoms with Crippen LogP contribution in [0.1, 0.15) is 60.8 Å². The molecular formula is C16H31N. The molecule has 0 radical (unpaired) electrons. The largest absolute Gasteiger partial charge is 0.327 e. The van der Waals surface area contributed by atoms with E-state index in [0.29, 0.717) is 28.7 Å². The highest BCUT2D eigenvalue weighted by Gasteiger charge is 2.71. The fourth-order valence-electron chi connectivity index (χ4n) is 5.49. The Morgan fingerprint density at radius 1 is 1.12 bits per heavy atom. The number of hydrogen-bond acceptors (Lipinski definition) is 1. The molecule has 7 unspecified atom stereocenters. The number of fused-ring (bicyclic) bond motifs is 1. The average Bonchev–Trinajstić information content (AvgIpc) is 2.73. The van der Waals surface area contributed by atoms with Crippen LogP contribution in [0.3, 0.4) is 0 Å². The molecule has 0 saturated heterocycles. The van der Waals surface area contributed by atoms with E-state index in [1.165, 1.54) is 19.3 Å². The predicted molar refractivity (Wildman–Crippen MR) is 74.7 cm³/mol. The van der Waals surface area contributed by atoms with Crippen molar-refractivity contribution < 1.29 is 0 Å². The van der Waals surface area contributed by atoms with Gasteiger partial charge in [-0.15, -0.1) is 0 Å². The second-order valence-electron chi connectivity index (χ2n) is 7.53. The summed E-state index contributed by atoms with van der Waals surface area (Å²) in [5, 5.41) is 0. The fourth-order valence-corrected chi connectivity index (χ4v) is 5.49. The third-order valence-corrected chi connectivity index (χ3v) is 6.86. The standard InChI is InChI=1S/C16H31N/c1-7-13-15(5)9-11(3)14(17)10(2)8-12(4)16(13,15)6/h10-14H,7-9,17H2,1-6H3. The van der Waals surface area contributed by atoms with Crippen molar-refractivity contribution in [3.05, 3.63) is 0 Å². The predicted octanol–water partition coefficient (Wildman–Crippen LogP) is 4.07. The van der Waals surface area contributed by atoms with Crippen molar-refractivity contribution in [1.29, 1.82) is 0 Å². The van der Waals surface area contributed by atoms with Crippen LogP contribution >= 0.6 is 0 Å². The molecule has 0 aromatic carbocycles. The highest BCUT2D eigenvalue weighted by Crippen LogP contribution is 2.77. The van der Waals surface area contributed by atoms with Gasteiger partial charge in [0.05, 0.1) is 0 Å². The lowest BCUT2D eigenvalue weighted by Crippen LogP contribution is -2.40. The van der Waals surface area contributed by atoms with Crippen LogP contribution in [0, 0.1) is 34.5 Å². The number of hydrogen-bond donors (Lipinski definition) is 1. The molecule has 0 amide bonds. The van der Waals surface area contributed by atoms with Crippen LogP contribution in [-0.4, -0.2) is 6.04 Å². The molecule has 0 aromatic heterocycles. The van der Waals surface area contributed by atoms with E-state index in [0.717, 1.165) is 11.8 Å². The average molecular weight is 237 g/mol. The van der Waals surface area contributed by atoms with E-state index in [1.807, 2.05) is 0 Å². The van der Waals surface area contributed by atoms with Gasteiger partial charge in [0, 0.05) is 6.04 Å². The van der Waals surface area contributed by atoms with Crippen molar-refractivity contribution >= 4 is 0 Å². The van der Waals surface area contributed by atoms with Gasteiger partial charge in [-0.05, 0) is 47.3 Å². The first-order valence-electron chi connectivity index (χ1n) is 7.54. The van der Waals surface area contributed by atoms with E-state index >= 15 is 0 Å². The lowest BCUT2D eigenvalue weighted by molar-refractivity contribution is 0.146. The van der Waals surface area contributed by atoms with Gasteiger partial charge in [-0.2, -0.15) is 0 Å². The minimum absolute atomic E-state index is 0.400. The molecule has 2 saturated carbocycles. The summed E-state index contributed by atoms with van der Waals surface area (Å²) in [7, 11) is 0. The van der Waals surface area contributed by atoms with Gasteiger partial charge >= 0.3 is 0 Å². The van der Waals surface area contributed by atoms with E-state index in [2.05, 4.69) is 41.5 Å². The van der Waals surface area contributed by atoms with E-state index in [-0.39, 0.29) is 0 Å². The summed E-state index contributed by atoms with van der Waals surface area (Å²) in [5.41, 5.74) is 7.55. The summed E-state index contributed by atoms with van der Waals surface area (Å²) in [5.74, 6) is 3.11. The van der Waals surface area contributed by atoms with Gasteiger partial charge in [0.15, 0.2) is 0 Å². The van der Waals surface area contributed by atoms with Gasteiger partial charge in [-0.3, -0.25) is 0 Å². The fraction of sp³-hybridized carbons (Fsp3) is 1.00. The van der Waals surface area contributed by atoms with Gasteiger partial charge < -0.3 is 5.73 Å². The second-order valence-corrected chi connectivity index (χ2v) is 7.53. The number of nitrogens with two attached hydrogens (primary N) is 1. The first-order chi connectivity index (χ1) is 7.79. The molecular weight excluding hydrogens is 206 g/mol. The molecule has 17 heavy (non-hydrogen) atoms. The molecule has 0 aliphatic heterocycles. The summed E-state index contributed by atoms with van der Waals surface area (Å²) in [4.78, 5) is 0. The van der Waals surface area contributed by atoms with Crippen molar-refractivity contribution in [3.63, 3.8) is 0 Å². The van der Waals surface area contributed by atoms with Crippen LogP contribution in [0.4, 0.5) is 0 Å². The molecule has 7 atom stereocenters. The summed E-state index contributed by atoms with van der Waals surface area (Å²) in [6.45, 7) is 14.6. The van der Waals surface area contributed by atoms with Gasteiger partial charge in [0.2, 0.25) is 0 Å². The zero-order valence-electron chi connectivity index (χ0n) is 12.6. The topological polar surface area (TPSA) is 26.0 Å². The Kier molecular flexibility index (Phi) is 3.14. The van der Waals surface area contributed by atoms with Crippen LogP contribution in [0.25, 0.3) is 0 Å². The second kappa shape index (κ2) is 3.98. The zero-order valence-corrected chi connectivity index (χ0v) is 12.6. The normalized spacial score (nSPS) is 59.1. The maximum atomic E-state index is 6.42. The summed E-state index contributed by atoms with van der Waals surface area (Å²) in [6.07, 6.45) is 3.99. The van der Waals surface area contributed by atoms with E-state index in [4.69, 9.17) is 5.73 Å². The van der Waals surface area contributed by atoms with Crippen molar-refractivity contribution in [2.24, 2.45) is 40.2 Å². The quantitative estimate of drug-likeness (QED) is 0.731.